The fraction of sp³-hybridized carbons (Fsp3) is 0.0667. The second-order valence-electron chi connectivity index (χ2n) is 9.00. The van der Waals surface area contributed by atoms with Crippen LogP contribution in [0.4, 0.5) is 34.6 Å². The highest BCUT2D eigenvalue weighted by Gasteiger charge is 2.12. The molecule has 0 saturated carbocycles. The second kappa shape index (κ2) is 14.2. The van der Waals surface area contributed by atoms with Crippen LogP contribution in [0.25, 0.3) is 0 Å². The summed E-state index contributed by atoms with van der Waals surface area (Å²) in [4.78, 5) is 12.7. The average molecular weight is 644 g/mol. The van der Waals surface area contributed by atoms with Crippen molar-refractivity contribution in [3.63, 3.8) is 0 Å². The van der Waals surface area contributed by atoms with Crippen LogP contribution in [0.2, 0.25) is 10.0 Å². The molecule has 3 N–H and O–H groups in total. The lowest BCUT2D eigenvalue weighted by atomic mass is 10.1. The Hall–Kier alpha value is -5.66. The number of azo groups is 2. The molecule has 0 radical (unpaired) electrons. The highest BCUT2D eigenvalue weighted by molar-refractivity contribution is 6.30. The van der Waals surface area contributed by atoms with Gasteiger partial charge in [-0.05, 0) is 60.7 Å². The minimum atomic E-state index is -0.155. The van der Waals surface area contributed by atoms with Crippen molar-refractivity contribution < 1.29 is 19.7 Å². The fourth-order valence-corrected chi connectivity index (χ4v) is 3.97. The van der Waals surface area contributed by atoms with Crippen molar-refractivity contribution in [2.75, 3.05) is 14.2 Å². The van der Waals surface area contributed by atoms with Crippen molar-refractivity contribution in [2.45, 2.75) is 0 Å². The van der Waals surface area contributed by atoms with Crippen LogP contribution in [0.3, 0.4) is 0 Å². The number of rotatable bonds is 10. The molecule has 226 valence electrons. The third-order valence-electron chi connectivity index (χ3n) is 5.94. The van der Waals surface area contributed by atoms with Crippen LogP contribution in [0.5, 0.6) is 23.0 Å². The van der Waals surface area contributed by atoms with Gasteiger partial charge < -0.3 is 19.7 Å². The van der Waals surface area contributed by atoms with Gasteiger partial charge in [0.15, 0.2) is 23.0 Å². The fourth-order valence-electron chi connectivity index (χ4n) is 3.72. The van der Waals surface area contributed by atoms with Crippen molar-refractivity contribution in [2.24, 2.45) is 30.4 Å². The molecular weight excluding hydrogens is 621 g/mol. The van der Waals surface area contributed by atoms with Crippen molar-refractivity contribution in [3.05, 3.63) is 94.0 Å². The number of methoxy groups -OCH3 is 2. The Morgan fingerprint density at radius 3 is 1.56 bits per heavy atom. The van der Waals surface area contributed by atoms with Gasteiger partial charge in [0, 0.05) is 45.7 Å². The first-order valence-corrected chi connectivity index (χ1v) is 13.7. The molecule has 0 aliphatic heterocycles. The molecule has 0 atom stereocenters. The molecule has 0 saturated heterocycles. The van der Waals surface area contributed by atoms with E-state index in [0.29, 0.717) is 38.4 Å². The Balaban J connectivity index is 1.33. The minimum Gasteiger partial charge on any atom is -0.504 e. The van der Waals surface area contributed by atoms with Crippen molar-refractivity contribution >= 4 is 70.3 Å². The number of H-pyrrole nitrogens is 1. The highest BCUT2D eigenvalue weighted by atomic mass is 35.5. The molecule has 13 nitrogen and oxygen atoms in total. The number of ether oxygens (including phenoxy) is 2. The van der Waals surface area contributed by atoms with E-state index in [1.807, 2.05) is 0 Å². The number of aromatic nitrogens is 3. The number of hydrogen-bond donors (Lipinski definition) is 3. The predicted octanol–water partition coefficient (Wildman–Crippen LogP) is 8.87. The molecule has 1 heterocycles. The Kier molecular flexibility index (Phi) is 9.72. The topological polar surface area (TPSA) is 175 Å². The number of nitrogens with zero attached hydrogens (tertiary/aromatic N) is 8. The molecule has 0 spiro atoms. The summed E-state index contributed by atoms with van der Waals surface area (Å²) in [6, 6.07) is 19.9. The molecule has 0 aliphatic rings. The maximum Gasteiger partial charge on any atom is 0.269 e. The third kappa shape index (κ3) is 8.04. The highest BCUT2D eigenvalue weighted by Crippen LogP contribution is 2.36. The zero-order valence-electron chi connectivity index (χ0n) is 23.6. The van der Waals surface area contributed by atoms with Gasteiger partial charge in [0.05, 0.1) is 37.0 Å². The van der Waals surface area contributed by atoms with Crippen LogP contribution in [0, 0.1) is 0 Å². The van der Waals surface area contributed by atoms with Crippen LogP contribution >= 0.6 is 23.2 Å². The van der Waals surface area contributed by atoms with Crippen LogP contribution in [0.15, 0.2) is 103 Å². The summed E-state index contributed by atoms with van der Waals surface area (Å²) in [5, 5.41) is 45.8. The number of phenolic OH excluding ortho intramolecular Hbond substituents is 2. The summed E-state index contributed by atoms with van der Waals surface area (Å²) < 4.78 is 10.5. The summed E-state index contributed by atoms with van der Waals surface area (Å²) in [5.41, 5.74) is 2.59. The van der Waals surface area contributed by atoms with Crippen LogP contribution in [-0.4, -0.2) is 52.0 Å². The lowest BCUT2D eigenvalue weighted by Gasteiger charge is -2.07. The van der Waals surface area contributed by atoms with Crippen molar-refractivity contribution in [1.29, 1.82) is 0 Å². The molecule has 5 rings (SSSR count). The molecule has 0 unspecified atom stereocenters. The van der Waals surface area contributed by atoms with E-state index in [2.05, 4.69) is 45.6 Å². The van der Waals surface area contributed by atoms with Gasteiger partial charge in [0.1, 0.15) is 0 Å². The first-order valence-electron chi connectivity index (χ1n) is 13.0. The molecule has 1 aromatic heterocycles. The quantitative estimate of drug-likeness (QED) is 0.101. The molecule has 0 aliphatic carbocycles. The van der Waals surface area contributed by atoms with E-state index in [4.69, 9.17) is 32.7 Å². The number of halogens is 2. The Labute approximate surface area is 266 Å². The van der Waals surface area contributed by atoms with Gasteiger partial charge in [-0.3, -0.25) is 0 Å². The maximum atomic E-state index is 10.6. The van der Waals surface area contributed by atoms with Crippen LogP contribution in [0.1, 0.15) is 11.1 Å². The second-order valence-corrected chi connectivity index (χ2v) is 9.87. The van der Waals surface area contributed by atoms with Gasteiger partial charge >= 0.3 is 0 Å². The number of hydrogen-bond acceptors (Lipinski definition) is 12. The van der Waals surface area contributed by atoms with Gasteiger partial charge in [0.2, 0.25) is 5.95 Å². The van der Waals surface area contributed by atoms with E-state index in [0.717, 1.165) is 0 Å². The smallest absolute Gasteiger partial charge is 0.269 e. The lowest BCUT2D eigenvalue weighted by Crippen LogP contribution is -1.89. The summed E-state index contributed by atoms with van der Waals surface area (Å²) in [7, 11) is 2.84. The number of aromatic amines is 1. The Morgan fingerprint density at radius 2 is 1.09 bits per heavy atom. The summed E-state index contributed by atoms with van der Waals surface area (Å²) in [6.45, 7) is 0. The molecule has 0 fully saturated rings. The van der Waals surface area contributed by atoms with E-state index in [9.17, 15) is 10.2 Å². The van der Waals surface area contributed by atoms with Gasteiger partial charge in [-0.1, -0.05) is 23.2 Å². The van der Waals surface area contributed by atoms with E-state index in [1.54, 1.807) is 60.7 Å². The molecule has 45 heavy (non-hydrogen) atoms. The zero-order chi connectivity index (χ0) is 31.8. The summed E-state index contributed by atoms with van der Waals surface area (Å²) in [5.74, 6) is 0.175. The summed E-state index contributed by atoms with van der Waals surface area (Å²) in [6.07, 6.45) is 2.71. The monoisotopic (exact) mass is 643 g/mol. The number of aliphatic imine (C=N–C) groups is 2. The lowest BCUT2D eigenvalue weighted by molar-refractivity contribution is 0.373. The molecule has 0 bridgehead atoms. The number of aromatic hydroxyl groups is 2. The minimum absolute atomic E-state index is 0.0287. The van der Waals surface area contributed by atoms with E-state index < -0.39 is 0 Å². The molecular formula is C30H23Cl2N9O4. The van der Waals surface area contributed by atoms with E-state index in [1.165, 1.54) is 38.8 Å². The first kappa shape index (κ1) is 30.8. The third-order valence-corrected chi connectivity index (χ3v) is 6.44. The Morgan fingerprint density at radius 1 is 0.644 bits per heavy atom. The number of benzene rings is 4. The average Bonchev–Trinajstić information content (AvgIpc) is 3.51. The van der Waals surface area contributed by atoms with Crippen molar-refractivity contribution in [1.82, 2.24) is 15.2 Å². The number of phenols is 2. The molecule has 5 aromatic rings. The summed E-state index contributed by atoms with van der Waals surface area (Å²) >= 11 is 11.8. The van der Waals surface area contributed by atoms with E-state index in [-0.39, 0.29) is 40.5 Å². The van der Waals surface area contributed by atoms with Crippen LogP contribution in [-0.2, 0) is 0 Å². The van der Waals surface area contributed by atoms with E-state index >= 15 is 0 Å². The SMILES string of the molecule is COc1cc(N=Nc2ccc(Cl)cc2)cc(/C=N/c2n[nH]c(/N=C/c3cc(N=Nc4ccc(Cl)cc4)cc(OC)c3O)n2)c1O. The maximum absolute atomic E-state index is 10.6. The number of nitrogens with one attached hydrogen (secondary N) is 1. The largest absolute Gasteiger partial charge is 0.504 e. The molecule has 4 aromatic carbocycles. The van der Waals surface area contributed by atoms with Gasteiger partial charge in [0.25, 0.3) is 5.95 Å². The normalized spacial score (nSPS) is 11.8. The molecule has 0 amide bonds. The van der Waals surface area contributed by atoms with Crippen molar-refractivity contribution in [3.8, 4) is 23.0 Å². The predicted molar refractivity (Wildman–Crippen MR) is 171 cm³/mol. The molecule has 15 heteroatoms. The standard InChI is InChI=1S/C30H23Cl2N9O4/c1-44-25-13-23(38-36-21-7-3-19(31)4-8-21)11-17(27(25)42)15-33-29-35-30(41-40-29)34-16-18-12-24(14-26(45-2)28(18)43)39-37-22-9-5-20(32)6-10-22/h3-16,42-43H,1-2H3,(H,35,40,41)/b33-15+,34-16+,38-36?,39-37?. The van der Waals surface area contributed by atoms with Crippen LogP contribution < -0.4 is 9.47 Å². The van der Waals surface area contributed by atoms with Gasteiger partial charge in [-0.2, -0.15) is 25.4 Å². The van der Waals surface area contributed by atoms with Gasteiger partial charge in [-0.25, -0.2) is 15.1 Å². The first-order chi connectivity index (χ1) is 21.8. The van der Waals surface area contributed by atoms with Gasteiger partial charge in [-0.15, -0.1) is 5.10 Å². The zero-order valence-corrected chi connectivity index (χ0v) is 25.1. The Bertz CT molecular complexity index is 1790.